The highest BCUT2D eigenvalue weighted by molar-refractivity contribution is 7.92. The van der Waals surface area contributed by atoms with Gasteiger partial charge in [-0.3, -0.25) is 9.11 Å². The van der Waals surface area contributed by atoms with Crippen molar-refractivity contribution in [3.63, 3.8) is 0 Å². The molecule has 0 aromatic heterocycles. The quantitative estimate of drug-likeness (QED) is 0.117. The van der Waals surface area contributed by atoms with Crippen molar-refractivity contribution >= 4 is 49.7 Å². The van der Waals surface area contributed by atoms with Gasteiger partial charge in [0.05, 0.1) is 36.5 Å². The smallest absolute Gasteiger partial charge is 0.298 e. The lowest BCUT2D eigenvalue weighted by atomic mass is 10.1. The minimum Gasteiger partial charge on any atom is -0.497 e. The molecule has 19 heteroatoms. The highest BCUT2D eigenvalue weighted by atomic mass is 32.2. The zero-order chi connectivity index (χ0) is 43.3. The molecule has 0 amide bonds. The number of aryl methyl sites for hydroxylation is 3. The zero-order valence-electron chi connectivity index (χ0n) is 31.4. The molecule has 0 saturated carbocycles. The van der Waals surface area contributed by atoms with E-state index in [1.165, 1.54) is 63.4 Å². The average Bonchev–Trinajstić information content (AvgIpc) is 3.17. The maximum absolute atomic E-state index is 14.8. The molecule has 59 heavy (non-hydrogen) atoms. The van der Waals surface area contributed by atoms with Crippen LogP contribution in [-0.2, 0) is 49.7 Å². The van der Waals surface area contributed by atoms with Gasteiger partial charge in [0.1, 0.15) is 27.0 Å². The van der Waals surface area contributed by atoms with Crippen molar-refractivity contribution in [3.8, 4) is 28.4 Å². The van der Waals surface area contributed by atoms with Crippen LogP contribution in [0.3, 0.4) is 0 Å². The topological polar surface area (TPSA) is 230 Å². The maximum atomic E-state index is 14.8. The van der Waals surface area contributed by atoms with Crippen LogP contribution in [0.5, 0.6) is 17.2 Å². The molecule has 6 aromatic carbocycles. The summed E-state index contributed by atoms with van der Waals surface area (Å²) in [4.78, 5) is -4.59. The van der Waals surface area contributed by atoms with E-state index in [-0.39, 0.29) is 16.0 Å². The lowest BCUT2D eigenvalue weighted by Crippen LogP contribution is -2.11. The van der Waals surface area contributed by atoms with Crippen LogP contribution in [0, 0.1) is 20.8 Å². The summed E-state index contributed by atoms with van der Waals surface area (Å²) in [6.07, 6.45) is 0. The minimum atomic E-state index is -5.22. The molecular formula is C40H34O14S5. The number of hydrogen-bond acceptors (Lipinski definition) is 12. The van der Waals surface area contributed by atoms with E-state index in [0.29, 0.717) is 22.9 Å². The third-order valence-corrected chi connectivity index (χ3v) is 16.5. The highest BCUT2D eigenvalue weighted by Gasteiger charge is 2.31. The van der Waals surface area contributed by atoms with Gasteiger partial charge < -0.3 is 9.47 Å². The number of rotatable bonds is 12. The van der Waals surface area contributed by atoms with Gasteiger partial charge in [-0.25, -0.2) is 25.3 Å². The van der Waals surface area contributed by atoms with E-state index >= 15 is 0 Å². The average molecular weight is 899 g/mol. The van der Waals surface area contributed by atoms with E-state index < -0.39 is 95.5 Å². The second kappa shape index (κ2) is 15.6. The summed E-state index contributed by atoms with van der Waals surface area (Å²) < 4.78 is 165. The third-order valence-electron chi connectivity index (χ3n) is 9.22. The molecule has 0 heterocycles. The van der Waals surface area contributed by atoms with Gasteiger partial charge in [-0.05, 0) is 122 Å². The first-order chi connectivity index (χ1) is 27.4. The Bertz CT molecular complexity index is 3220. The van der Waals surface area contributed by atoms with E-state index in [4.69, 9.17) is 9.47 Å². The Kier molecular flexibility index (Phi) is 11.4. The summed E-state index contributed by atoms with van der Waals surface area (Å²) in [5, 5.41) is 0. The predicted octanol–water partition coefficient (Wildman–Crippen LogP) is 7.07. The molecule has 0 radical (unpaired) electrons. The minimum absolute atomic E-state index is 0.0579. The van der Waals surface area contributed by atoms with Crippen LogP contribution in [0.2, 0.25) is 0 Å². The molecule has 308 valence electrons. The van der Waals surface area contributed by atoms with Crippen molar-refractivity contribution in [2.24, 2.45) is 0 Å². The first-order valence-electron chi connectivity index (χ1n) is 17.0. The summed E-state index contributed by atoms with van der Waals surface area (Å²) in [7, 11) is -22.4. The second-order valence-electron chi connectivity index (χ2n) is 13.2. The highest BCUT2D eigenvalue weighted by Crippen LogP contribution is 2.41. The molecule has 0 spiro atoms. The SMILES string of the molecule is COc1ccc(-c2ccc(Oc3ccc(S(=O)(=O)c4ccc(C)cc4)cc3S(=O)(=O)O)c(S(=O)(=O)c3cc(S(=O)(=O)c4ccc(C)c(S(=O)(=O)O)c4)ccc3C)c2)cc1. The summed E-state index contributed by atoms with van der Waals surface area (Å²) >= 11 is 0. The van der Waals surface area contributed by atoms with Crippen LogP contribution in [0.25, 0.3) is 11.1 Å². The van der Waals surface area contributed by atoms with Gasteiger partial charge in [0.15, 0.2) is 0 Å². The fourth-order valence-corrected chi connectivity index (χ4v) is 11.9. The maximum Gasteiger partial charge on any atom is 0.298 e. The van der Waals surface area contributed by atoms with E-state index in [2.05, 4.69) is 0 Å². The van der Waals surface area contributed by atoms with E-state index in [1.54, 1.807) is 43.3 Å². The molecule has 0 atom stereocenters. The Hall–Kier alpha value is -5.41. The van der Waals surface area contributed by atoms with Gasteiger partial charge in [-0.2, -0.15) is 16.8 Å². The van der Waals surface area contributed by atoms with E-state index in [1.807, 2.05) is 0 Å². The second-order valence-corrected chi connectivity index (χ2v) is 21.8. The first-order valence-corrected chi connectivity index (χ1v) is 24.4. The van der Waals surface area contributed by atoms with Gasteiger partial charge in [0.25, 0.3) is 20.2 Å². The van der Waals surface area contributed by atoms with E-state index in [0.717, 1.165) is 42.0 Å². The van der Waals surface area contributed by atoms with Crippen LogP contribution in [0.15, 0.2) is 160 Å². The van der Waals surface area contributed by atoms with Crippen molar-refractivity contribution < 1.29 is 60.7 Å². The lowest BCUT2D eigenvalue weighted by molar-refractivity contribution is 0.415. The van der Waals surface area contributed by atoms with Crippen LogP contribution in [0.1, 0.15) is 16.7 Å². The van der Waals surface area contributed by atoms with Crippen LogP contribution in [0.4, 0.5) is 0 Å². The molecule has 2 N–H and O–H groups in total. The number of ether oxygens (including phenoxy) is 2. The summed E-state index contributed by atoms with van der Waals surface area (Å²) in [5.74, 6) is -0.644. The number of sulfone groups is 3. The molecule has 0 aliphatic rings. The molecule has 0 fully saturated rings. The molecular weight excluding hydrogens is 865 g/mol. The fraction of sp³-hybridized carbons (Fsp3) is 0.100. The van der Waals surface area contributed by atoms with Crippen molar-refractivity contribution in [2.45, 2.75) is 59.9 Å². The molecule has 0 aliphatic heterocycles. The number of benzene rings is 6. The standard InChI is InChI=1S/C40H34O14S5/c1-25-5-14-31(15-6-25)55(41,42)34-18-20-36(40(24-34)59(50,51)52)54-35-19-11-29(28-9-12-30(53-4)13-10-28)21-39(35)57(45,46)37-22-32(16-7-26(37)2)56(43,44)33-17-8-27(3)38(23-33)58(47,48)49/h5-24H,1-4H3,(H,47,48,49)(H,50,51,52). The molecule has 0 saturated heterocycles. The van der Waals surface area contributed by atoms with Gasteiger partial charge >= 0.3 is 0 Å². The first kappa shape index (κ1) is 43.2. The van der Waals surface area contributed by atoms with Crippen molar-refractivity contribution in [1.82, 2.24) is 0 Å². The van der Waals surface area contributed by atoms with Crippen molar-refractivity contribution in [2.75, 3.05) is 7.11 Å². The number of hydrogen-bond donors (Lipinski definition) is 2. The Balaban J connectivity index is 1.53. The zero-order valence-corrected chi connectivity index (χ0v) is 35.5. The largest absolute Gasteiger partial charge is 0.497 e. The van der Waals surface area contributed by atoms with Gasteiger partial charge in [0, 0.05) is 0 Å². The molecule has 0 aliphatic carbocycles. The molecule has 0 bridgehead atoms. The predicted molar refractivity (Wildman–Crippen MR) is 214 cm³/mol. The Morgan fingerprint density at radius 2 is 0.831 bits per heavy atom. The summed E-state index contributed by atoms with van der Waals surface area (Å²) in [6, 6.07) is 25.0. The molecule has 6 rings (SSSR count). The van der Waals surface area contributed by atoms with Crippen molar-refractivity contribution in [1.29, 1.82) is 0 Å². The van der Waals surface area contributed by atoms with Crippen molar-refractivity contribution in [3.05, 3.63) is 138 Å². The Morgan fingerprint density at radius 1 is 0.407 bits per heavy atom. The monoisotopic (exact) mass is 898 g/mol. The fourth-order valence-electron chi connectivity index (χ4n) is 6.00. The Labute approximate surface area is 342 Å². The third kappa shape index (κ3) is 8.67. The molecule has 6 aromatic rings. The van der Waals surface area contributed by atoms with Gasteiger partial charge in [-0.15, -0.1) is 0 Å². The summed E-state index contributed by atoms with van der Waals surface area (Å²) in [5.41, 5.74) is 1.70. The van der Waals surface area contributed by atoms with Crippen LogP contribution >= 0.6 is 0 Å². The van der Waals surface area contributed by atoms with Gasteiger partial charge in [0.2, 0.25) is 29.5 Å². The summed E-state index contributed by atoms with van der Waals surface area (Å²) in [6.45, 7) is 4.48. The molecule has 14 nitrogen and oxygen atoms in total. The molecule has 0 unspecified atom stereocenters. The Morgan fingerprint density at radius 3 is 1.37 bits per heavy atom. The van der Waals surface area contributed by atoms with Crippen LogP contribution < -0.4 is 9.47 Å². The van der Waals surface area contributed by atoms with Gasteiger partial charge in [-0.1, -0.05) is 48.0 Å². The lowest BCUT2D eigenvalue weighted by Gasteiger charge is -2.17. The normalized spacial score (nSPS) is 12.6. The van der Waals surface area contributed by atoms with E-state index in [9.17, 15) is 51.2 Å². The number of methoxy groups -OCH3 is 1. The van der Waals surface area contributed by atoms with Crippen LogP contribution in [-0.4, -0.2) is 58.3 Å².